The topological polar surface area (TPSA) is 78.1 Å². The highest BCUT2D eigenvalue weighted by Gasteiger charge is 2.14. The van der Waals surface area contributed by atoms with Gasteiger partial charge in [0.25, 0.3) is 0 Å². The van der Waals surface area contributed by atoms with Crippen molar-refractivity contribution in [2.75, 3.05) is 5.32 Å². The van der Waals surface area contributed by atoms with Gasteiger partial charge in [0.15, 0.2) is 0 Å². The van der Waals surface area contributed by atoms with Crippen molar-refractivity contribution in [2.24, 2.45) is 0 Å². The molecule has 0 aliphatic carbocycles. The van der Waals surface area contributed by atoms with E-state index in [1.54, 1.807) is 43.5 Å². The van der Waals surface area contributed by atoms with Crippen molar-refractivity contribution >= 4 is 23.2 Å². The number of rotatable bonds is 5. The number of amides is 1. The van der Waals surface area contributed by atoms with E-state index in [0.29, 0.717) is 28.6 Å². The first kappa shape index (κ1) is 14.9. The van der Waals surface area contributed by atoms with E-state index < -0.39 is 6.04 Å². The molecule has 0 saturated heterocycles. The van der Waals surface area contributed by atoms with Crippen LogP contribution in [0.1, 0.15) is 18.2 Å². The van der Waals surface area contributed by atoms with E-state index in [-0.39, 0.29) is 5.91 Å². The standard InChI is InChI=1S/C15H14ClN3O2/c1-10(15(20)18-9-12-3-2-6-21-12)19-14-7-11(8-17)4-5-13(14)16/h2-7,10,19H,9H2,1H3,(H,18,20). The Bertz CT molecular complexity index is 662. The molecule has 2 N–H and O–H groups in total. The summed E-state index contributed by atoms with van der Waals surface area (Å²) in [5.74, 6) is 0.491. The lowest BCUT2D eigenvalue weighted by molar-refractivity contribution is -0.121. The fourth-order valence-corrected chi connectivity index (χ4v) is 1.92. The Kier molecular flexibility index (Phi) is 4.85. The Hall–Kier alpha value is -2.45. The number of anilines is 1. The van der Waals surface area contributed by atoms with Gasteiger partial charge in [-0.15, -0.1) is 0 Å². The van der Waals surface area contributed by atoms with Gasteiger partial charge in [0.1, 0.15) is 11.8 Å². The number of hydrogen-bond donors (Lipinski definition) is 2. The minimum absolute atomic E-state index is 0.190. The summed E-state index contributed by atoms with van der Waals surface area (Å²) in [5, 5.41) is 15.1. The van der Waals surface area contributed by atoms with Crippen molar-refractivity contribution in [1.29, 1.82) is 5.26 Å². The van der Waals surface area contributed by atoms with Crippen LogP contribution in [-0.2, 0) is 11.3 Å². The highest BCUT2D eigenvalue weighted by molar-refractivity contribution is 6.33. The van der Waals surface area contributed by atoms with Gasteiger partial charge in [0.05, 0.1) is 35.2 Å². The van der Waals surface area contributed by atoms with E-state index in [1.807, 2.05) is 6.07 Å². The minimum atomic E-state index is -0.494. The third-order valence-electron chi connectivity index (χ3n) is 2.88. The van der Waals surface area contributed by atoms with E-state index in [2.05, 4.69) is 10.6 Å². The summed E-state index contributed by atoms with van der Waals surface area (Å²) >= 11 is 6.04. The van der Waals surface area contributed by atoms with Crippen molar-refractivity contribution in [2.45, 2.75) is 19.5 Å². The van der Waals surface area contributed by atoms with Crippen molar-refractivity contribution < 1.29 is 9.21 Å². The number of nitriles is 1. The molecule has 0 fully saturated rings. The van der Waals surface area contributed by atoms with Crippen molar-refractivity contribution in [1.82, 2.24) is 5.32 Å². The molecule has 1 amide bonds. The molecule has 0 radical (unpaired) electrons. The lowest BCUT2D eigenvalue weighted by atomic mass is 10.2. The smallest absolute Gasteiger partial charge is 0.242 e. The fourth-order valence-electron chi connectivity index (χ4n) is 1.74. The molecule has 5 nitrogen and oxygen atoms in total. The summed E-state index contributed by atoms with van der Waals surface area (Å²) in [6, 6.07) is 9.93. The van der Waals surface area contributed by atoms with E-state index in [1.165, 1.54) is 0 Å². The Morgan fingerprint density at radius 2 is 2.29 bits per heavy atom. The first-order chi connectivity index (χ1) is 10.1. The molecule has 0 saturated carbocycles. The molecule has 1 atom stereocenters. The molecule has 6 heteroatoms. The summed E-state index contributed by atoms with van der Waals surface area (Å²) in [6.45, 7) is 2.04. The maximum atomic E-state index is 12.0. The molecule has 1 aromatic heterocycles. The van der Waals surface area contributed by atoms with Gasteiger partial charge in [-0.3, -0.25) is 4.79 Å². The molecule has 1 aromatic carbocycles. The van der Waals surface area contributed by atoms with E-state index in [0.717, 1.165) is 0 Å². The van der Waals surface area contributed by atoms with Crippen LogP contribution in [0.5, 0.6) is 0 Å². The van der Waals surface area contributed by atoms with Crippen LogP contribution in [0.4, 0.5) is 5.69 Å². The molecule has 0 aliphatic rings. The predicted molar refractivity (Wildman–Crippen MR) is 79.8 cm³/mol. The monoisotopic (exact) mass is 303 g/mol. The van der Waals surface area contributed by atoms with Crippen LogP contribution >= 0.6 is 11.6 Å². The molecule has 2 aromatic rings. The molecule has 0 bridgehead atoms. The summed E-state index contributed by atoms with van der Waals surface area (Å²) in [6.07, 6.45) is 1.55. The molecule has 108 valence electrons. The van der Waals surface area contributed by atoms with Crippen molar-refractivity contribution in [3.8, 4) is 6.07 Å². The van der Waals surface area contributed by atoms with Crippen LogP contribution in [0.25, 0.3) is 0 Å². The van der Waals surface area contributed by atoms with Crippen LogP contribution in [-0.4, -0.2) is 11.9 Å². The maximum absolute atomic E-state index is 12.0. The molecule has 21 heavy (non-hydrogen) atoms. The highest BCUT2D eigenvalue weighted by atomic mass is 35.5. The summed E-state index contributed by atoms with van der Waals surface area (Å²) in [7, 11) is 0. The third kappa shape index (κ3) is 4.01. The van der Waals surface area contributed by atoms with Crippen LogP contribution in [0.2, 0.25) is 5.02 Å². The SMILES string of the molecule is CC(Nc1cc(C#N)ccc1Cl)C(=O)NCc1ccco1. The Morgan fingerprint density at radius 1 is 1.48 bits per heavy atom. The quantitative estimate of drug-likeness (QED) is 0.890. The predicted octanol–water partition coefficient (Wildman–Crippen LogP) is 2.92. The Balaban J connectivity index is 1.95. The number of nitrogens with one attached hydrogen (secondary N) is 2. The maximum Gasteiger partial charge on any atom is 0.242 e. The lowest BCUT2D eigenvalue weighted by Crippen LogP contribution is -2.37. The summed E-state index contributed by atoms with van der Waals surface area (Å²) in [4.78, 5) is 12.0. The normalized spacial score (nSPS) is 11.5. The van der Waals surface area contributed by atoms with Crippen LogP contribution in [0.3, 0.4) is 0 Å². The highest BCUT2D eigenvalue weighted by Crippen LogP contribution is 2.23. The molecule has 1 unspecified atom stereocenters. The van der Waals surface area contributed by atoms with Gasteiger partial charge in [-0.2, -0.15) is 5.26 Å². The third-order valence-corrected chi connectivity index (χ3v) is 3.21. The van der Waals surface area contributed by atoms with E-state index in [9.17, 15) is 4.79 Å². The van der Waals surface area contributed by atoms with Gasteiger partial charge < -0.3 is 15.1 Å². The van der Waals surface area contributed by atoms with E-state index >= 15 is 0 Å². The first-order valence-corrected chi connectivity index (χ1v) is 6.74. The zero-order chi connectivity index (χ0) is 15.2. The number of furan rings is 1. The molecular formula is C15H14ClN3O2. The Morgan fingerprint density at radius 3 is 2.95 bits per heavy atom. The van der Waals surface area contributed by atoms with E-state index in [4.69, 9.17) is 21.3 Å². The molecule has 0 spiro atoms. The zero-order valence-corrected chi connectivity index (χ0v) is 12.1. The largest absolute Gasteiger partial charge is 0.467 e. The van der Waals surface area contributed by atoms with Crippen LogP contribution in [0.15, 0.2) is 41.0 Å². The zero-order valence-electron chi connectivity index (χ0n) is 11.4. The lowest BCUT2D eigenvalue weighted by Gasteiger charge is -2.16. The second-order valence-corrected chi connectivity index (χ2v) is 4.88. The Labute approximate surface area is 127 Å². The van der Waals surface area contributed by atoms with Crippen molar-refractivity contribution in [3.05, 3.63) is 52.9 Å². The fraction of sp³-hybridized carbons (Fsp3) is 0.200. The number of carbonyl (C=O) groups excluding carboxylic acids is 1. The molecular weight excluding hydrogens is 290 g/mol. The van der Waals surface area contributed by atoms with Gasteiger partial charge >= 0.3 is 0 Å². The number of halogens is 1. The molecule has 2 rings (SSSR count). The summed E-state index contributed by atoms with van der Waals surface area (Å²) in [5.41, 5.74) is 1.03. The second-order valence-electron chi connectivity index (χ2n) is 4.47. The number of carbonyl (C=O) groups is 1. The van der Waals surface area contributed by atoms with Crippen LogP contribution in [0, 0.1) is 11.3 Å². The first-order valence-electron chi connectivity index (χ1n) is 6.36. The number of hydrogen-bond acceptors (Lipinski definition) is 4. The van der Waals surface area contributed by atoms with Gasteiger partial charge in [-0.1, -0.05) is 11.6 Å². The average molecular weight is 304 g/mol. The summed E-state index contributed by atoms with van der Waals surface area (Å²) < 4.78 is 5.14. The number of nitrogens with zero attached hydrogens (tertiary/aromatic N) is 1. The van der Waals surface area contributed by atoms with Crippen LogP contribution < -0.4 is 10.6 Å². The second kappa shape index (κ2) is 6.82. The van der Waals surface area contributed by atoms with Gasteiger partial charge in [-0.05, 0) is 37.3 Å². The average Bonchev–Trinajstić information content (AvgIpc) is 3.00. The van der Waals surface area contributed by atoms with Gasteiger partial charge in [0, 0.05) is 0 Å². The number of benzene rings is 1. The molecule has 1 heterocycles. The van der Waals surface area contributed by atoms with Gasteiger partial charge in [0.2, 0.25) is 5.91 Å². The molecule has 0 aliphatic heterocycles. The minimum Gasteiger partial charge on any atom is -0.467 e. The van der Waals surface area contributed by atoms with Crippen molar-refractivity contribution in [3.63, 3.8) is 0 Å². The van der Waals surface area contributed by atoms with Gasteiger partial charge in [-0.25, -0.2) is 0 Å².